The number of hydrogen-bond donors (Lipinski definition) is 2. The molecule has 2 unspecified atom stereocenters. The van der Waals surface area contributed by atoms with Crippen LogP contribution >= 0.6 is 0 Å². The van der Waals surface area contributed by atoms with Gasteiger partial charge in [0, 0.05) is 18.3 Å². The van der Waals surface area contributed by atoms with E-state index in [1.54, 1.807) is 0 Å². The Morgan fingerprint density at radius 3 is 2.84 bits per heavy atom. The number of hydrogen-bond acceptors (Lipinski definition) is 2. The topological polar surface area (TPSA) is 41.1 Å². The molecule has 104 valence electrons. The van der Waals surface area contributed by atoms with Crippen molar-refractivity contribution in [3.8, 4) is 0 Å². The number of carbonyl (C=O) groups excluding carboxylic acids is 1. The van der Waals surface area contributed by atoms with Gasteiger partial charge >= 0.3 is 0 Å². The number of aryl methyl sites for hydroxylation is 1. The normalized spacial score (nSPS) is 23.1. The number of piperidine rings is 1. The predicted molar refractivity (Wildman–Crippen MR) is 79.3 cm³/mol. The third-order valence-corrected chi connectivity index (χ3v) is 3.83. The van der Waals surface area contributed by atoms with E-state index in [2.05, 4.69) is 30.5 Å². The van der Waals surface area contributed by atoms with E-state index in [-0.39, 0.29) is 11.8 Å². The highest BCUT2D eigenvalue weighted by molar-refractivity contribution is 5.93. The van der Waals surface area contributed by atoms with Crippen molar-refractivity contribution in [3.05, 3.63) is 29.8 Å². The molecule has 19 heavy (non-hydrogen) atoms. The van der Waals surface area contributed by atoms with Crippen LogP contribution in [0.15, 0.2) is 24.3 Å². The van der Waals surface area contributed by atoms with Crippen molar-refractivity contribution in [1.82, 2.24) is 5.32 Å². The van der Waals surface area contributed by atoms with E-state index in [0.29, 0.717) is 6.04 Å². The SMILES string of the molecule is CCCc1ccccc1NC(=O)C1CCC(C)NC1. The molecule has 3 heteroatoms. The van der Waals surface area contributed by atoms with Crippen LogP contribution in [0.2, 0.25) is 0 Å². The molecule has 2 rings (SSSR count). The van der Waals surface area contributed by atoms with Crippen LogP contribution in [-0.2, 0) is 11.2 Å². The molecule has 1 saturated heterocycles. The van der Waals surface area contributed by atoms with Crippen LogP contribution in [0, 0.1) is 5.92 Å². The van der Waals surface area contributed by atoms with E-state index in [4.69, 9.17) is 0 Å². The molecule has 0 spiro atoms. The van der Waals surface area contributed by atoms with Gasteiger partial charge in [-0.1, -0.05) is 31.5 Å². The van der Waals surface area contributed by atoms with Crippen LogP contribution in [0.5, 0.6) is 0 Å². The van der Waals surface area contributed by atoms with Crippen LogP contribution < -0.4 is 10.6 Å². The van der Waals surface area contributed by atoms with Crippen molar-refractivity contribution < 1.29 is 4.79 Å². The van der Waals surface area contributed by atoms with Crippen molar-refractivity contribution in [1.29, 1.82) is 0 Å². The van der Waals surface area contributed by atoms with Gasteiger partial charge in [-0.05, 0) is 37.8 Å². The summed E-state index contributed by atoms with van der Waals surface area (Å²) in [5.74, 6) is 0.258. The fourth-order valence-corrected chi connectivity index (χ4v) is 2.59. The van der Waals surface area contributed by atoms with E-state index in [9.17, 15) is 4.79 Å². The maximum absolute atomic E-state index is 12.3. The first-order valence-corrected chi connectivity index (χ1v) is 7.33. The number of anilines is 1. The second kappa shape index (κ2) is 6.71. The Balaban J connectivity index is 1.98. The second-order valence-corrected chi connectivity index (χ2v) is 5.48. The average molecular weight is 260 g/mol. The van der Waals surface area contributed by atoms with Crippen molar-refractivity contribution in [2.45, 2.75) is 45.6 Å². The van der Waals surface area contributed by atoms with Gasteiger partial charge in [0.05, 0.1) is 5.92 Å². The minimum atomic E-state index is 0.103. The minimum absolute atomic E-state index is 0.103. The summed E-state index contributed by atoms with van der Waals surface area (Å²) in [6.45, 7) is 5.12. The molecule has 1 fully saturated rings. The molecule has 1 aliphatic heterocycles. The Labute approximate surface area is 115 Å². The number of rotatable bonds is 4. The van der Waals surface area contributed by atoms with E-state index in [0.717, 1.165) is 37.9 Å². The van der Waals surface area contributed by atoms with Crippen molar-refractivity contribution in [2.24, 2.45) is 5.92 Å². The average Bonchev–Trinajstić information content (AvgIpc) is 2.42. The molecule has 1 aliphatic rings. The van der Waals surface area contributed by atoms with E-state index >= 15 is 0 Å². The lowest BCUT2D eigenvalue weighted by molar-refractivity contribution is -0.120. The molecule has 2 N–H and O–H groups in total. The zero-order chi connectivity index (χ0) is 13.7. The molecule has 0 radical (unpaired) electrons. The lowest BCUT2D eigenvalue weighted by Gasteiger charge is -2.27. The molecule has 1 aromatic carbocycles. The van der Waals surface area contributed by atoms with Crippen LogP contribution in [0.4, 0.5) is 5.69 Å². The molecular formula is C16H24N2O. The molecule has 1 aromatic rings. The number of benzene rings is 1. The summed E-state index contributed by atoms with van der Waals surface area (Å²) in [6.07, 6.45) is 4.16. The maximum atomic E-state index is 12.3. The lowest BCUT2D eigenvalue weighted by atomic mass is 9.94. The Hall–Kier alpha value is -1.35. The first-order valence-electron chi connectivity index (χ1n) is 7.33. The molecule has 2 atom stereocenters. The highest BCUT2D eigenvalue weighted by atomic mass is 16.1. The molecule has 0 aliphatic carbocycles. The quantitative estimate of drug-likeness (QED) is 0.874. The molecule has 0 bridgehead atoms. The molecule has 3 nitrogen and oxygen atoms in total. The van der Waals surface area contributed by atoms with E-state index in [1.165, 1.54) is 5.56 Å². The Bertz CT molecular complexity index is 423. The first kappa shape index (κ1) is 14.1. The van der Waals surface area contributed by atoms with Gasteiger partial charge in [0.15, 0.2) is 0 Å². The molecule has 0 saturated carbocycles. The predicted octanol–water partition coefficient (Wildman–Crippen LogP) is 2.97. The van der Waals surface area contributed by atoms with Crippen LogP contribution in [-0.4, -0.2) is 18.5 Å². The summed E-state index contributed by atoms with van der Waals surface area (Å²) in [6, 6.07) is 8.65. The summed E-state index contributed by atoms with van der Waals surface area (Å²) in [5.41, 5.74) is 2.21. The third kappa shape index (κ3) is 3.80. The summed E-state index contributed by atoms with van der Waals surface area (Å²) >= 11 is 0. The van der Waals surface area contributed by atoms with Gasteiger partial charge in [0.25, 0.3) is 0 Å². The van der Waals surface area contributed by atoms with Gasteiger partial charge in [0.2, 0.25) is 5.91 Å². The maximum Gasteiger partial charge on any atom is 0.228 e. The zero-order valence-electron chi connectivity index (χ0n) is 11.9. The number of para-hydroxylation sites is 1. The van der Waals surface area contributed by atoms with Crippen molar-refractivity contribution in [2.75, 3.05) is 11.9 Å². The fraction of sp³-hybridized carbons (Fsp3) is 0.562. The van der Waals surface area contributed by atoms with Gasteiger partial charge < -0.3 is 10.6 Å². The first-order chi connectivity index (χ1) is 9.20. The van der Waals surface area contributed by atoms with Crippen molar-refractivity contribution >= 4 is 11.6 Å². The molecular weight excluding hydrogens is 236 g/mol. The van der Waals surface area contributed by atoms with Gasteiger partial charge in [-0.15, -0.1) is 0 Å². The van der Waals surface area contributed by atoms with Gasteiger partial charge in [-0.3, -0.25) is 4.79 Å². The summed E-state index contributed by atoms with van der Waals surface area (Å²) in [5, 5.41) is 6.48. The molecule has 0 aromatic heterocycles. The summed E-state index contributed by atoms with van der Waals surface area (Å²) < 4.78 is 0. The van der Waals surface area contributed by atoms with E-state index < -0.39 is 0 Å². The largest absolute Gasteiger partial charge is 0.326 e. The summed E-state index contributed by atoms with van der Waals surface area (Å²) in [7, 11) is 0. The Morgan fingerprint density at radius 2 is 2.16 bits per heavy atom. The number of carbonyl (C=O) groups is 1. The summed E-state index contributed by atoms with van der Waals surface area (Å²) in [4.78, 5) is 12.3. The third-order valence-electron chi connectivity index (χ3n) is 3.83. The Kier molecular flexibility index (Phi) is 4.97. The smallest absolute Gasteiger partial charge is 0.228 e. The highest BCUT2D eigenvalue weighted by Crippen LogP contribution is 2.20. The van der Waals surface area contributed by atoms with Gasteiger partial charge in [-0.25, -0.2) is 0 Å². The van der Waals surface area contributed by atoms with E-state index in [1.807, 2.05) is 18.2 Å². The second-order valence-electron chi connectivity index (χ2n) is 5.48. The number of nitrogens with one attached hydrogen (secondary N) is 2. The van der Waals surface area contributed by atoms with Gasteiger partial charge in [0.1, 0.15) is 0 Å². The zero-order valence-corrected chi connectivity index (χ0v) is 11.9. The van der Waals surface area contributed by atoms with Crippen molar-refractivity contribution in [3.63, 3.8) is 0 Å². The molecule has 1 heterocycles. The monoisotopic (exact) mass is 260 g/mol. The number of amides is 1. The van der Waals surface area contributed by atoms with Gasteiger partial charge in [-0.2, -0.15) is 0 Å². The van der Waals surface area contributed by atoms with Crippen LogP contribution in [0.1, 0.15) is 38.7 Å². The molecule has 1 amide bonds. The minimum Gasteiger partial charge on any atom is -0.326 e. The fourth-order valence-electron chi connectivity index (χ4n) is 2.59. The van der Waals surface area contributed by atoms with Crippen LogP contribution in [0.25, 0.3) is 0 Å². The van der Waals surface area contributed by atoms with Crippen LogP contribution in [0.3, 0.4) is 0 Å². The highest BCUT2D eigenvalue weighted by Gasteiger charge is 2.24. The lowest BCUT2D eigenvalue weighted by Crippen LogP contribution is -2.41. The Morgan fingerprint density at radius 1 is 1.37 bits per heavy atom. The standard InChI is InChI=1S/C16H24N2O/c1-3-6-13-7-4-5-8-15(13)18-16(19)14-10-9-12(2)17-11-14/h4-5,7-8,12,14,17H,3,6,9-11H2,1-2H3,(H,18,19).